The van der Waals surface area contributed by atoms with Crippen molar-refractivity contribution in [3.05, 3.63) is 60.9 Å². The zero-order valence-corrected chi connectivity index (χ0v) is 13.7. The molecule has 0 aromatic heterocycles. The number of phenols is 1. The minimum atomic E-state index is -0.220. The summed E-state index contributed by atoms with van der Waals surface area (Å²) < 4.78 is 1.83. The average Bonchev–Trinajstić information content (AvgIpc) is 2.41. The van der Waals surface area contributed by atoms with Crippen molar-refractivity contribution in [2.75, 3.05) is 0 Å². The molecule has 2 rings (SSSR count). The summed E-state index contributed by atoms with van der Waals surface area (Å²) in [5, 5.41) is 10.0. The first-order valence-corrected chi connectivity index (χ1v) is 7.36. The standard InChI is InChI=1S/C13H7Br3O2/c14-9-6-8(13(18)11(16)10(9)15)12(17)7-4-2-1-3-5-7/h1-6,18H. The van der Waals surface area contributed by atoms with Crippen LogP contribution in [0.5, 0.6) is 5.75 Å². The average molecular weight is 435 g/mol. The van der Waals surface area contributed by atoms with Gasteiger partial charge in [0.15, 0.2) is 5.78 Å². The first-order chi connectivity index (χ1) is 8.52. The molecular formula is C13H7Br3O2. The molecule has 92 valence electrons. The van der Waals surface area contributed by atoms with E-state index in [2.05, 4.69) is 47.8 Å². The van der Waals surface area contributed by atoms with E-state index in [1.807, 2.05) is 6.07 Å². The maximum atomic E-state index is 12.3. The smallest absolute Gasteiger partial charge is 0.196 e. The lowest BCUT2D eigenvalue weighted by Gasteiger charge is -2.09. The second-order valence-electron chi connectivity index (χ2n) is 3.58. The molecule has 0 radical (unpaired) electrons. The Kier molecular flexibility index (Phi) is 4.25. The third-order valence-electron chi connectivity index (χ3n) is 2.42. The lowest BCUT2D eigenvalue weighted by atomic mass is 10.0. The molecule has 1 N–H and O–H groups in total. The summed E-state index contributed by atoms with van der Waals surface area (Å²) in [5.74, 6) is -0.291. The quantitative estimate of drug-likeness (QED) is 0.538. The molecule has 0 aliphatic rings. The summed E-state index contributed by atoms with van der Waals surface area (Å²) in [7, 11) is 0. The van der Waals surface area contributed by atoms with Crippen LogP contribution in [0.3, 0.4) is 0 Å². The van der Waals surface area contributed by atoms with Gasteiger partial charge in [0, 0.05) is 14.5 Å². The van der Waals surface area contributed by atoms with Crippen LogP contribution in [0.25, 0.3) is 0 Å². The normalized spacial score (nSPS) is 10.4. The van der Waals surface area contributed by atoms with Gasteiger partial charge < -0.3 is 5.11 Å². The number of phenolic OH excluding ortho intramolecular Hbond substituents is 1. The Balaban J connectivity index is 2.56. The van der Waals surface area contributed by atoms with Crippen LogP contribution in [-0.4, -0.2) is 10.9 Å². The lowest BCUT2D eigenvalue weighted by Crippen LogP contribution is -2.02. The second kappa shape index (κ2) is 5.55. The minimum Gasteiger partial charge on any atom is -0.506 e. The number of aromatic hydroxyl groups is 1. The highest BCUT2D eigenvalue weighted by molar-refractivity contribution is 9.14. The molecule has 2 aromatic rings. The van der Waals surface area contributed by atoms with Gasteiger partial charge in [0.05, 0.1) is 10.0 Å². The first kappa shape index (κ1) is 13.8. The van der Waals surface area contributed by atoms with E-state index in [0.29, 0.717) is 19.0 Å². The molecule has 0 fully saturated rings. The summed E-state index contributed by atoms with van der Waals surface area (Å²) in [6.45, 7) is 0. The van der Waals surface area contributed by atoms with Gasteiger partial charge in [-0.1, -0.05) is 30.3 Å². The summed E-state index contributed by atoms with van der Waals surface area (Å²) in [6.07, 6.45) is 0. The molecule has 0 heterocycles. The van der Waals surface area contributed by atoms with Crippen molar-refractivity contribution < 1.29 is 9.90 Å². The van der Waals surface area contributed by atoms with Crippen LogP contribution >= 0.6 is 47.8 Å². The van der Waals surface area contributed by atoms with Crippen molar-refractivity contribution in [3.8, 4) is 5.75 Å². The topological polar surface area (TPSA) is 37.3 Å². The Morgan fingerprint density at radius 2 is 1.61 bits per heavy atom. The number of hydrogen-bond donors (Lipinski definition) is 1. The molecule has 0 unspecified atom stereocenters. The molecule has 0 spiro atoms. The predicted octanol–water partition coefficient (Wildman–Crippen LogP) is 4.91. The van der Waals surface area contributed by atoms with Gasteiger partial charge in [-0.3, -0.25) is 4.79 Å². The van der Waals surface area contributed by atoms with Crippen molar-refractivity contribution >= 4 is 53.6 Å². The fourth-order valence-corrected chi connectivity index (χ4v) is 2.93. The summed E-state index contributed by atoms with van der Waals surface area (Å²) in [4.78, 5) is 12.3. The van der Waals surface area contributed by atoms with E-state index in [1.54, 1.807) is 30.3 Å². The van der Waals surface area contributed by atoms with Crippen molar-refractivity contribution in [1.29, 1.82) is 0 Å². The molecule has 2 nitrogen and oxygen atoms in total. The van der Waals surface area contributed by atoms with Gasteiger partial charge in [-0.25, -0.2) is 0 Å². The Hall–Kier alpha value is -0.650. The van der Waals surface area contributed by atoms with E-state index in [4.69, 9.17) is 0 Å². The molecule has 0 aliphatic heterocycles. The Morgan fingerprint density at radius 1 is 1.00 bits per heavy atom. The lowest BCUT2D eigenvalue weighted by molar-refractivity contribution is 0.103. The van der Waals surface area contributed by atoms with Crippen LogP contribution in [0.2, 0.25) is 0 Å². The Bertz CT molecular complexity index is 609. The monoisotopic (exact) mass is 432 g/mol. The molecule has 2 aromatic carbocycles. The van der Waals surface area contributed by atoms with Crippen LogP contribution in [0.1, 0.15) is 15.9 Å². The van der Waals surface area contributed by atoms with Crippen LogP contribution < -0.4 is 0 Å². The highest BCUT2D eigenvalue weighted by atomic mass is 79.9. The van der Waals surface area contributed by atoms with Gasteiger partial charge in [0.2, 0.25) is 0 Å². The van der Waals surface area contributed by atoms with Crippen molar-refractivity contribution in [2.24, 2.45) is 0 Å². The zero-order valence-electron chi connectivity index (χ0n) is 8.95. The van der Waals surface area contributed by atoms with Crippen LogP contribution in [0.15, 0.2) is 49.8 Å². The van der Waals surface area contributed by atoms with Crippen LogP contribution in [0, 0.1) is 0 Å². The highest BCUT2D eigenvalue weighted by Crippen LogP contribution is 2.40. The van der Waals surface area contributed by atoms with E-state index in [-0.39, 0.29) is 17.1 Å². The van der Waals surface area contributed by atoms with E-state index < -0.39 is 0 Å². The second-order valence-corrected chi connectivity index (χ2v) is 6.02. The van der Waals surface area contributed by atoms with Crippen LogP contribution in [0.4, 0.5) is 0 Å². The maximum absolute atomic E-state index is 12.3. The largest absolute Gasteiger partial charge is 0.506 e. The Labute approximate surface area is 129 Å². The zero-order chi connectivity index (χ0) is 13.3. The molecule has 0 aliphatic carbocycles. The molecule has 0 amide bonds. The molecule has 0 bridgehead atoms. The molecule has 0 saturated carbocycles. The highest BCUT2D eigenvalue weighted by Gasteiger charge is 2.19. The predicted molar refractivity (Wildman–Crippen MR) is 81.1 cm³/mol. The third kappa shape index (κ3) is 2.53. The van der Waals surface area contributed by atoms with Crippen LogP contribution in [-0.2, 0) is 0 Å². The molecule has 5 heteroatoms. The molecular weight excluding hydrogens is 428 g/mol. The Morgan fingerprint density at radius 3 is 2.22 bits per heavy atom. The van der Waals surface area contributed by atoms with E-state index >= 15 is 0 Å². The number of benzene rings is 2. The number of carbonyl (C=O) groups excluding carboxylic acids is 1. The SMILES string of the molecule is O=C(c1ccccc1)c1cc(Br)c(Br)c(Br)c1O. The molecule has 0 saturated heterocycles. The summed E-state index contributed by atoms with van der Waals surface area (Å²) in [5.41, 5.74) is 0.789. The van der Waals surface area contributed by atoms with Gasteiger partial charge in [0.1, 0.15) is 5.75 Å². The fourth-order valence-electron chi connectivity index (χ4n) is 1.50. The van der Waals surface area contributed by atoms with Gasteiger partial charge in [0.25, 0.3) is 0 Å². The fraction of sp³-hybridized carbons (Fsp3) is 0. The number of rotatable bonds is 2. The number of halogens is 3. The number of ketones is 1. The minimum absolute atomic E-state index is 0.0704. The molecule has 18 heavy (non-hydrogen) atoms. The number of carbonyl (C=O) groups is 1. The molecule has 0 atom stereocenters. The first-order valence-electron chi connectivity index (χ1n) is 4.98. The summed E-state index contributed by atoms with van der Waals surface area (Å²) in [6, 6.07) is 10.4. The van der Waals surface area contributed by atoms with E-state index in [0.717, 1.165) is 0 Å². The van der Waals surface area contributed by atoms with Gasteiger partial charge in [-0.05, 0) is 53.9 Å². The van der Waals surface area contributed by atoms with Crippen molar-refractivity contribution in [1.82, 2.24) is 0 Å². The third-order valence-corrected chi connectivity index (χ3v) is 5.70. The van der Waals surface area contributed by atoms with Gasteiger partial charge >= 0.3 is 0 Å². The number of hydrogen-bond acceptors (Lipinski definition) is 2. The van der Waals surface area contributed by atoms with Crippen molar-refractivity contribution in [2.45, 2.75) is 0 Å². The van der Waals surface area contributed by atoms with Gasteiger partial charge in [-0.15, -0.1) is 0 Å². The summed E-state index contributed by atoms with van der Waals surface area (Å²) >= 11 is 9.88. The maximum Gasteiger partial charge on any atom is 0.196 e. The van der Waals surface area contributed by atoms with E-state index in [1.165, 1.54) is 0 Å². The van der Waals surface area contributed by atoms with E-state index in [9.17, 15) is 9.90 Å². The van der Waals surface area contributed by atoms with Gasteiger partial charge in [-0.2, -0.15) is 0 Å². The van der Waals surface area contributed by atoms with Crippen molar-refractivity contribution in [3.63, 3.8) is 0 Å².